The van der Waals surface area contributed by atoms with Gasteiger partial charge in [0.25, 0.3) is 11.8 Å². The first-order valence-electron chi connectivity index (χ1n) is 12.0. The van der Waals surface area contributed by atoms with Gasteiger partial charge in [-0.15, -0.1) is 0 Å². The molecule has 8 nitrogen and oxygen atoms in total. The topological polar surface area (TPSA) is 98.8 Å². The molecule has 2 aromatic rings. The predicted molar refractivity (Wildman–Crippen MR) is 133 cm³/mol. The Bertz CT molecular complexity index is 1180. The lowest BCUT2D eigenvalue weighted by Crippen LogP contribution is -2.42. The molecule has 2 fully saturated rings. The first-order valence-corrected chi connectivity index (χ1v) is 12.0. The Morgan fingerprint density at radius 2 is 1.80 bits per heavy atom. The molecular weight excluding hydrogens is 444 g/mol. The maximum Gasteiger partial charge on any atom is 0.325 e. The fourth-order valence-electron chi connectivity index (χ4n) is 4.76. The van der Waals surface area contributed by atoms with Gasteiger partial charge in [-0.05, 0) is 76.3 Å². The van der Waals surface area contributed by atoms with Gasteiger partial charge in [0, 0.05) is 23.8 Å². The fourth-order valence-corrected chi connectivity index (χ4v) is 4.76. The number of hydrogen-bond donors (Lipinski definition) is 2. The molecule has 2 saturated heterocycles. The average molecular weight is 477 g/mol. The second kappa shape index (κ2) is 9.52. The van der Waals surface area contributed by atoms with Crippen LogP contribution in [0.1, 0.15) is 60.2 Å². The van der Waals surface area contributed by atoms with Crippen LogP contribution in [-0.2, 0) is 15.1 Å². The first-order chi connectivity index (χ1) is 16.6. The summed E-state index contributed by atoms with van der Waals surface area (Å²) in [7, 11) is 0. The number of carbonyl (C=O) groups excluding carboxylic acids is 4. The number of piperidine rings is 1. The highest BCUT2D eigenvalue weighted by atomic mass is 16.2. The minimum absolute atomic E-state index is 0.00657. The quantitative estimate of drug-likeness (QED) is 0.643. The van der Waals surface area contributed by atoms with Gasteiger partial charge < -0.3 is 15.5 Å². The monoisotopic (exact) mass is 476 g/mol. The highest BCUT2D eigenvalue weighted by molar-refractivity contribution is 6.10. The van der Waals surface area contributed by atoms with Crippen molar-refractivity contribution in [2.24, 2.45) is 0 Å². The largest absolute Gasteiger partial charge is 0.336 e. The van der Waals surface area contributed by atoms with E-state index in [1.165, 1.54) is 0 Å². The van der Waals surface area contributed by atoms with Crippen LogP contribution in [0.2, 0.25) is 0 Å². The maximum absolute atomic E-state index is 13.1. The molecule has 2 aliphatic rings. The van der Waals surface area contributed by atoms with Crippen LogP contribution in [-0.4, -0.2) is 52.7 Å². The molecule has 2 N–H and O–H groups in total. The summed E-state index contributed by atoms with van der Waals surface area (Å²) < 4.78 is 0. The van der Waals surface area contributed by atoms with Gasteiger partial charge in [0.2, 0.25) is 5.91 Å². The van der Waals surface area contributed by atoms with Crippen LogP contribution in [0, 0.1) is 13.8 Å². The maximum atomic E-state index is 13.1. The van der Waals surface area contributed by atoms with Crippen molar-refractivity contribution in [3.8, 4) is 0 Å². The molecule has 184 valence electrons. The van der Waals surface area contributed by atoms with E-state index in [9.17, 15) is 19.2 Å². The normalized spacial score (nSPS) is 22.2. The van der Waals surface area contributed by atoms with Crippen LogP contribution in [0.25, 0.3) is 0 Å². The predicted octanol–water partition coefficient (Wildman–Crippen LogP) is 3.72. The Morgan fingerprint density at radius 3 is 2.46 bits per heavy atom. The van der Waals surface area contributed by atoms with Crippen LogP contribution < -0.4 is 10.6 Å². The molecule has 4 rings (SSSR count). The molecule has 0 saturated carbocycles. The molecule has 0 aromatic heterocycles. The summed E-state index contributed by atoms with van der Waals surface area (Å²) in [5.41, 5.74) is 2.32. The van der Waals surface area contributed by atoms with Gasteiger partial charge in [-0.3, -0.25) is 19.3 Å². The van der Waals surface area contributed by atoms with E-state index in [1.54, 1.807) is 37.3 Å². The van der Waals surface area contributed by atoms with Crippen LogP contribution in [0.3, 0.4) is 0 Å². The van der Waals surface area contributed by atoms with E-state index in [-0.39, 0.29) is 11.9 Å². The van der Waals surface area contributed by atoms with Crippen molar-refractivity contribution in [2.75, 3.05) is 18.4 Å². The SMILES string of the molecule is Cc1ccc(C2(C)NC(=O)N(CC(=O)Nc3ccc(C(=O)N4CCCCC4C)cc3C)C2=O)cc1. The average Bonchev–Trinajstić information content (AvgIpc) is 3.04. The van der Waals surface area contributed by atoms with E-state index in [4.69, 9.17) is 0 Å². The highest BCUT2D eigenvalue weighted by Gasteiger charge is 2.49. The zero-order valence-electron chi connectivity index (χ0n) is 20.7. The number of urea groups is 1. The third kappa shape index (κ3) is 4.78. The lowest BCUT2D eigenvalue weighted by Gasteiger charge is -2.33. The number of hydrogen-bond acceptors (Lipinski definition) is 4. The second-order valence-corrected chi connectivity index (χ2v) is 9.73. The van der Waals surface area contributed by atoms with Gasteiger partial charge in [-0.25, -0.2) is 4.79 Å². The van der Waals surface area contributed by atoms with Gasteiger partial charge in [0.15, 0.2) is 0 Å². The molecule has 0 spiro atoms. The van der Waals surface area contributed by atoms with Gasteiger partial charge in [-0.2, -0.15) is 0 Å². The first kappa shape index (κ1) is 24.4. The van der Waals surface area contributed by atoms with Crippen molar-refractivity contribution in [3.05, 3.63) is 64.7 Å². The number of nitrogens with zero attached hydrogens (tertiary/aromatic N) is 2. The van der Waals surface area contributed by atoms with Gasteiger partial charge in [0.1, 0.15) is 12.1 Å². The van der Waals surface area contributed by atoms with Crippen molar-refractivity contribution in [2.45, 2.75) is 58.5 Å². The summed E-state index contributed by atoms with van der Waals surface area (Å²) >= 11 is 0. The summed E-state index contributed by atoms with van der Waals surface area (Å²) in [6.45, 7) is 7.81. The Labute approximate surface area is 205 Å². The summed E-state index contributed by atoms with van der Waals surface area (Å²) in [6, 6.07) is 12.1. The van der Waals surface area contributed by atoms with Crippen molar-refractivity contribution < 1.29 is 19.2 Å². The number of rotatable bonds is 5. The van der Waals surface area contributed by atoms with Crippen molar-refractivity contribution in [3.63, 3.8) is 0 Å². The zero-order valence-corrected chi connectivity index (χ0v) is 20.7. The van der Waals surface area contributed by atoms with Crippen LogP contribution in [0.4, 0.5) is 10.5 Å². The zero-order chi connectivity index (χ0) is 25.3. The minimum Gasteiger partial charge on any atom is -0.336 e. The van der Waals surface area contributed by atoms with Gasteiger partial charge in [0.05, 0.1) is 0 Å². The fraction of sp³-hybridized carbons (Fsp3) is 0.407. The molecule has 2 aliphatic heterocycles. The van der Waals surface area contributed by atoms with Crippen LogP contribution in [0.15, 0.2) is 42.5 Å². The Balaban J connectivity index is 1.43. The standard InChI is InChI=1S/C27H32N4O4/c1-17-8-11-21(12-9-17)27(4)25(34)31(26(35)29-27)16-23(32)28-22-13-10-20(15-18(22)2)24(33)30-14-6-5-7-19(30)3/h8-13,15,19H,5-7,14,16H2,1-4H3,(H,28,32)(H,29,35). The third-order valence-electron chi connectivity index (χ3n) is 7.02. The number of aryl methyl sites for hydroxylation is 2. The summed E-state index contributed by atoms with van der Waals surface area (Å²) in [6.07, 6.45) is 3.15. The third-order valence-corrected chi connectivity index (χ3v) is 7.02. The summed E-state index contributed by atoms with van der Waals surface area (Å²) in [5, 5.41) is 5.49. The molecule has 2 heterocycles. The molecule has 2 unspecified atom stereocenters. The Kier molecular flexibility index (Phi) is 6.65. The number of anilines is 1. The second-order valence-electron chi connectivity index (χ2n) is 9.73. The number of amides is 5. The summed E-state index contributed by atoms with van der Waals surface area (Å²) in [5.74, 6) is -0.976. The Hall–Kier alpha value is -3.68. The van der Waals surface area contributed by atoms with E-state index in [0.29, 0.717) is 16.8 Å². The lowest BCUT2D eigenvalue weighted by atomic mass is 9.91. The van der Waals surface area contributed by atoms with Crippen molar-refractivity contribution in [1.82, 2.24) is 15.1 Å². The summed E-state index contributed by atoms with van der Waals surface area (Å²) in [4.78, 5) is 54.2. The Morgan fingerprint density at radius 1 is 1.09 bits per heavy atom. The molecule has 0 radical (unpaired) electrons. The molecule has 35 heavy (non-hydrogen) atoms. The highest BCUT2D eigenvalue weighted by Crippen LogP contribution is 2.29. The number of likely N-dealkylation sites (tertiary alicyclic amines) is 1. The van der Waals surface area contributed by atoms with E-state index >= 15 is 0 Å². The van der Waals surface area contributed by atoms with Crippen LogP contribution >= 0.6 is 0 Å². The molecule has 5 amide bonds. The molecule has 2 aromatic carbocycles. The van der Waals surface area contributed by atoms with Gasteiger partial charge in [-0.1, -0.05) is 29.8 Å². The number of carbonyl (C=O) groups is 4. The van der Waals surface area contributed by atoms with E-state index in [2.05, 4.69) is 17.6 Å². The molecular formula is C27H32N4O4. The minimum atomic E-state index is -1.23. The van der Waals surface area contributed by atoms with Crippen LogP contribution in [0.5, 0.6) is 0 Å². The molecule has 2 atom stereocenters. The van der Waals surface area contributed by atoms with E-state index < -0.39 is 29.9 Å². The smallest absolute Gasteiger partial charge is 0.325 e. The van der Waals surface area contributed by atoms with E-state index in [0.717, 1.165) is 41.8 Å². The number of nitrogens with one attached hydrogen (secondary N) is 2. The molecule has 8 heteroatoms. The molecule has 0 bridgehead atoms. The number of imide groups is 1. The van der Waals surface area contributed by atoms with Crippen molar-refractivity contribution >= 4 is 29.4 Å². The van der Waals surface area contributed by atoms with Gasteiger partial charge >= 0.3 is 6.03 Å². The van der Waals surface area contributed by atoms with Crippen molar-refractivity contribution in [1.29, 1.82) is 0 Å². The molecule has 0 aliphatic carbocycles. The number of benzene rings is 2. The lowest BCUT2D eigenvalue weighted by molar-refractivity contribution is -0.133. The van der Waals surface area contributed by atoms with E-state index in [1.807, 2.05) is 30.9 Å².